The van der Waals surface area contributed by atoms with Crippen molar-refractivity contribution in [2.45, 2.75) is 25.9 Å². The minimum Gasteiger partial charge on any atom is -0.320 e. The molecule has 0 aliphatic carbocycles. The molecule has 0 bridgehead atoms. The Bertz CT molecular complexity index is 1030. The standard InChI is InChI=1S/C18H18N6O3S/c1-11-4-6-14(7-5-11)23-18(20-21-22-23)28-10-17(25)19-15-8-12(2)13(3)9-16(15)24(26)27/h4-9H,10H2,1-3H3,(H,19,25). The Balaban J connectivity index is 1.71. The van der Waals surface area contributed by atoms with Crippen molar-refractivity contribution in [1.29, 1.82) is 0 Å². The number of thioether (sulfide) groups is 1. The van der Waals surface area contributed by atoms with Gasteiger partial charge in [0.25, 0.3) is 5.69 Å². The zero-order valence-corrected chi connectivity index (χ0v) is 16.4. The Morgan fingerprint density at radius 3 is 2.54 bits per heavy atom. The lowest BCUT2D eigenvalue weighted by Gasteiger charge is -2.09. The summed E-state index contributed by atoms with van der Waals surface area (Å²) in [6.07, 6.45) is 0. The van der Waals surface area contributed by atoms with Crippen LogP contribution in [0.5, 0.6) is 0 Å². The van der Waals surface area contributed by atoms with Gasteiger partial charge in [0.2, 0.25) is 11.1 Å². The van der Waals surface area contributed by atoms with E-state index in [1.54, 1.807) is 13.0 Å². The fraction of sp³-hybridized carbons (Fsp3) is 0.222. The second kappa shape index (κ2) is 8.17. The molecule has 10 heteroatoms. The maximum Gasteiger partial charge on any atom is 0.293 e. The monoisotopic (exact) mass is 398 g/mol. The second-order valence-electron chi connectivity index (χ2n) is 6.26. The van der Waals surface area contributed by atoms with Crippen molar-refractivity contribution in [3.8, 4) is 5.69 Å². The van der Waals surface area contributed by atoms with Crippen molar-refractivity contribution >= 4 is 29.0 Å². The molecule has 9 nitrogen and oxygen atoms in total. The van der Waals surface area contributed by atoms with Crippen molar-refractivity contribution in [1.82, 2.24) is 20.2 Å². The number of hydrogen-bond donors (Lipinski definition) is 1. The Labute approximate surface area is 165 Å². The number of carbonyl (C=O) groups is 1. The summed E-state index contributed by atoms with van der Waals surface area (Å²) in [5, 5.41) is 25.9. The van der Waals surface area contributed by atoms with Crippen LogP contribution in [-0.4, -0.2) is 36.8 Å². The summed E-state index contributed by atoms with van der Waals surface area (Å²) < 4.78 is 1.54. The number of benzene rings is 2. The molecule has 0 aliphatic heterocycles. The molecular weight excluding hydrogens is 380 g/mol. The smallest absolute Gasteiger partial charge is 0.293 e. The first kappa shape index (κ1) is 19.5. The number of aryl methyl sites for hydroxylation is 3. The molecule has 0 atom stereocenters. The van der Waals surface area contributed by atoms with E-state index in [0.29, 0.717) is 5.16 Å². The Kier molecular flexibility index (Phi) is 5.69. The van der Waals surface area contributed by atoms with E-state index >= 15 is 0 Å². The molecular formula is C18H18N6O3S. The van der Waals surface area contributed by atoms with Gasteiger partial charge in [-0.1, -0.05) is 29.5 Å². The zero-order chi connectivity index (χ0) is 20.3. The summed E-state index contributed by atoms with van der Waals surface area (Å²) in [5.41, 5.74) is 3.58. The quantitative estimate of drug-likeness (QED) is 0.385. The van der Waals surface area contributed by atoms with Gasteiger partial charge in [-0.05, 0) is 60.5 Å². The summed E-state index contributed by atoms with van der Waals surface area (Å²) in [6.45, 7) is 5.60. The van der Waals surface area contributed by atoms with Gasteiger partial charge in [0.15, 0.2) is 0 Å². The number of hydrogen-bond acceptors (Lipinski definition) is 7. The van der Waals surface area contributed by atoms with Crippen LogP contribution in [0, 0.1) is 30.9 Å². The van der Waals surface area contributed by atoms with Crippen LogP contribution in [0.15, 0.2) is 41.6 Å². The van der Waals surface area contributed by atoms with Crippen LogP contribution >= 0.6 is 11.8 Å². The number of rotatable bonds is 6. The van der Waals surface area contributed by atoms with E-state index in [0.717, 1.165) is 34.1 Å². The average molecular weight is 398 g/mol. The molecule has 1 N–H and O–H groups in total. The van der Waals surface area contributed by atoms with Crippen molar-refractivity contribution in [2.24, 2.45) is 0 Å². The number of nitro groups is 1. The van der Waals surface area contributed by atoms with Crippen LogP contribution in [0.4, 0.5) is 11.4 Å². The van der Waals surface area contributed by atoms with Gasteiger partial charge in [0.1, 0.15) is 5.69 Å². The normalized spacial score (nSPS) is 10.7. The van der Waals surface area contributed by atoms with E-state index in [1.165, 1.54) is 10.7 Å². The summed E-state index contributed by atoms with van der Waals surface area (Å²) in [4.78, 5) is 23.1. The van der Waals surface area contributed by atoms with Gasteiger partial charge in [-0.25, -0.2) is 0 Å². The van der Waals surface area contributed by atoms with E-state index in [2.05, 4.69) is 20.8 Å². The number of amides is 1. The molecule has 1 amide bonds. The zero-order valence-electron chi connectivity index (χ0n) is 15.5. The van der Waals surface area contributed by atoms with E-state index in [1.807, 2.05) is 38.1 Å². The van der Waals surface area contributed by atoms with Crippen LogP contribution in [0.1, 0.15) is 16.7 Å². The summed E-state index contributed by atoms with van der Waals surface area (Å²) >= 11 is 1.15. The van der Waals surface area contributed by atoms with E-state index in [4.69, 9.17) is 0 Å². The summed E-state index contributed by atoms with van der Waals surface area (Å²) in [6, 6.07) is 10.7. The number of nitro benzene ring substituents is 1. The maximum atomic E-state index is 12.3. The Morgan fingerprint density at radius 2 is 1.86 bits per heavy atom. The van der Waals surface area contributed by atoms with Gasteiger partial charge in [-0.2, -0.15) is 4.68 Å². The molecule has 3 rings (SSSR count). The van der Waals surface area contributed by atoms with E-state index < -0.39 is 4.92 Å². The number of carbonyl (C=O) groups excluding carboxylic acids is 1. The highest BCUT2D eigenvalue weighted by molar-refractivity contribution is 7.99. The fourth-order valence-electron chi connectivity index (χ4n) is 2.49. The Hall–Kier alpha value is -3.27. The largest absolute Gasteiger partial charge is 0.320 e. The first-order valence-corrected chi connectivity index (χ1v) is 9.37. The molecule has 0 saturated carbocycles. The second-order valence-corrected chi connectivity index (χ2v) is 7.20. The highest BCUT2D eigenvalue weighted by atomic mass is 32.2. The minimum absolute atomic E-state index is 0.0102. The first-order chi connectivity index (χ1) is 13.3. The molecule has 0 aliphatic rings. The van der Waals surface area contributed by atoms with Gasteiger partial charge in [-0.15, -0.1) is 5.10 Å². The summed E-state index contributed by atoms with van der Waals surface area (Å²) in [5.74, 6) is -0.370. The number of anilines is 1. The third-order valence-corrected chi connectivity index (χ3v) is 5.05. The maximum absolute atomic E-state index is 12.3. The van der Waals surface area contributed by atoms with Gasteiger partial charge >= 0.3 is 0 Å². The SMILES string of the molecule is Cc1ccc(-n2nnnc2SCC(=O)Nc2cc(C)c(C)cc2[N+](=O)[O-])cc1. The predicted octanol–water partition coefficient (Wildman–Crippen LogP) is 3.23. The van der Waals surface area contributed by atoms with Crippen LogP contribution in [0.25, 0.3) is 5.69 Å². The number of tetrazole rings is 1. The van der Waals surface area contributed by atoms with Crippen LogP contribution in [0.2, 0.25) is 0 Å². The third kappa shape index (κ3) is 4.34. The first-order valence-electron chi connectivity index (χ1n) is 8.39. The van der Waals surface area contributed by atoms with Crippen molar-refractivity contribution in [3.63, 3.8) is 0 Å². The highest BCUT2D eigenvalue weighted by Gasteiger charge is 2.18. The van der Waals surface area contributed by atoms with E-state index in [-0.39, 0.29) is 23.0 Å². The lowest BCUT2D eigenvalue weighted by molar-refractivity contribution is -0.384. The van der Waals surface area contributed by atoms with Crippen molar-refractivity contribution in [2.75, 3.05) is 11.1 Å². The molecule has 0 spiro atoms. The van der Waals surface area contributed by atoms with Crippen molar-refractivity contribution in [3.05, 3.63) is 63.2 Å². The molecule has 0 fully saturated rings. The molecule has 1 aromatic heterocycles. The predicted molar refractivity (Wildman–Crippen MR) is 106 cm³/mol. The number of nitrogens with one attached hydrogen (secondary N) is 1. The lowest BCUT2D eigenvalue weighted by atomic mass is 10.1. The number of nitrogens with zero attached hydrogens (tertiary/aromatic N) is 5. The topological polar surface area (TPSA) is 116 Å². The lowest BCUT2D eigenvalue weighted by Crippen LogP contribution is -2.16. The molecule has 2 aromatic carbocycles. The molecule has 28 heavy (non-hydrogen) atoms. The fourth-order valence-corrected chi connectivity index (χ4v) is 3.18. The van der Waals surface area contributed by atoms with Crippen molar-refractivity contribution < 1.29 is 9.72 Å². The highest BCUT2D eigenvalue weighted by Crippen LogP contribution is 2.28. The van der Waals surface area contributed by atoms with Gasteiger partial charge < -0.3 is 5.32 Å². The van der Waals surface area contributed by atoms with Crippen LogP contribution in [-0.2, 0) is 4.79 Å². The molecule has 1 heterocycles. The van der Waals surface area contributed by atoms with Gasteiger partial charge in [0.05, 0.1) is 16.4 Å². The molecule has 0 saturated heterocycles. The van der Waals surface area contributed by atoms with Gasteiger partial charge in [0, 0.05) is 6.07 Å². The van der Waals surface area contributed by atoms with E-state index in [9.17, 15) is 14.9 Å². The molecule has 0 radical (unpaired) electrons. The van der Waals surface area contributed by atoms with Gasteiger partial charge in [-0.3, -0.25) is 14.9 Å². The molecule has 3 aromatic rings. The summed E-state index contributed by atoms with van der Waals surface area (Å²) in [7, 11) is 0. The molecule has 144 valence electrons. The number of aromatic nitrogens is 4. The minimum atomic E-state index is -0.507. The van der Waals surface area contributed by atoms with Crippen LogP contribution in [0.3, 0.4) is 0 Å². The molecule has 0 unspecified atom stereocenters. The van der Waals surface area contributed by atoms with Crippen LogP contribution < -0.4 is 5.32 Å². The Morgan fingerprint density at radius 1 is 1.18 bits per heavy atom. The average Bonchev–Trinajstić information content (AvgIpc) is 3.12. The third-order valence-electron chi connectivity index (χ3n) is 4.13.